The third-order valence-electron chi connectivity index (χ3n) is 5.30. The topological polar surface area (TPSA) is 164 Å². The summed E-state index contributed by atoms with van der Waals surface area (Å²) in [5.74, 6) is -7.49. The summed E-state index contributed by atoms with van der Waals surface area (Å²) in [5, 5.41) is 11.3. The Labute approximate surface area is 214 Å². The molecule has 5 atom stereocenters. The van der Waals surface area contributed by atoms with E-state index in [0.29, 0.717) is 4.57 Å². The van der Waals surface area contributed by atoms with Crippen molar-refractivity contribution in [3.8, 4) is 5.75 Å². The van der Waals surface area contributed by atoms with Gasteiger partial charge in [-0.15, -0.1) is 4.52 Å². The van der Waals surface area contributed by atoms with E-state index in [-0.39, 0.29) is 15.8 Å². The van der Waals surface area contributed by atoms with Gasteiger partial charge in [0.05, 0.1) is 23.8 Å². The van der Waals surface area contributed by atoms with Crippen molar-refractivity contribution >= 4 is 37.3 Å². The van der Waals surface area contributed by atoms with Crippen LogP contribution in [0.2, 0.25) is 10.0 Å². The molecule has 1 saturated heterocycles. The predicted octanol–water partition coefficient (Wildman–Crippen LogP) is 1.80. The Balaban J connectivity index is 2.15. The SMILES string of the molecule is COC(=O)[C@H](C)N=[P+]([O-])O[C@@](C)(O)[C@@]1(F)OCC[C@]1(Oc1ccc(Cl)c(Cl)c1)n1ccc(=O)[nH]c1=O. The van der Waals surface area contributed by atoms with Gasteiger partial charge in [-0.1, -0.05) is 27.9 Å². The molecule has 2 N–H and O–H groups in total. The summed E-state index contributed by atoms with van der Waals surface area (Å²) in [6.07, 6.45) is 0.531. The number of alkyl halides is 1. The standard InChI is InChI=1S/C20H21Cl2FN3O9P/c1-11(16(28)32-3)25-36(31)35-18(2,30)20(23)19(7-9-33-20,26-8-6-15(27)24-17(26)29)34-12-4-5-13(21)14(22)10-12/h4-6,8,10-11,30H,7,9H2,1-3H3,(H,24,27,29)/t11-,18+,19+,20+/m0/s1. The van der Waals surface area contributed by atoms with E-state index < -0.39 is 61.8 Å². The highest BCUT2D eigenvalue weighted by Gasteiger charge is 2.73. The fourth-order valence-corrected chi connectivity index (χ4v) is 4.71. The summed E-state index contributed by atoms with van der Waals surface area (Å²) in [5.41, 5.74) is -4.43. The second-order valence-electron chi connectivity index (χ2n) is 7.76. The average Bonchev–Trinajstić information content (AvgIpc) is 3.13. The molecule has 196 valence electrons. The number of hydrogen-bond acceptors (Lipinski definition) is 10. The van der Waals surface area contributed by atoms with Crippen LogP contribution in [0.15, 0.2) is 44.8 Å². The molecular formula is C20H21Cl2FN3O9P. The number of nitrogens with zero attached hydrogens (tertiary/aromatic N) is 2. The van der Waals surface area contributed by atoms with E-state index in [4.69, 9.17) is 37.2 Å². The van der Waals surface area contributed by atoms with E-state index in [9.17, 15) is 24.4 Å². The van der Waals surface area contributed by atoms with Gasteiger partial charge in [-0.05, 0) is 19.1 Å². The van der Waals surface area contributed by atoms with Crippen molar-refractivity contribution < 1.29 is 37.9 Å². The summed E-state index contributed by atoms with van der Waals surface area (Å²) < 4.78 is 41.6. The molecule has 0 saturated carbocycles. The summed E-state index contributed by atoms with van der Waals surface area (Å²) in [6.45, 7) is 1.59. The Morgan fingerprint density at radius 2 is 2.08 bits per heavy atom. The van der Waals surface area contributed by atoms with Crippen LogP contribution in [0, 0.1) is 0 Å². The molecule has 36 heavy (non-hydrogen) atoms. The van der Waals surface area contributed by atoms with Gasteiger partial charge in [-0.25, -0.2) is 9.59 Å². The third kappa shape index (κ3) is 5.18. The van der Waals surface area contributed by atoms with E-state index >= 15 is 4.39 Å². The summed E-state index contributed by atoms with van der Waals surface area (Å²) >= 11 is 12.0. The normalized spacial score (nSPS) is 24.7. The zero-order chi connectivity index (χ0) is 26.9. The Morgan fingerprint density at radius 3 is 2.69 bits per heavy atom. The molecular weight excluding hydrogens is 547 g/mol. The van der Waals surface area contributed by atoms with Gasteiger partial charge in [0.15, 0.2) is 6.04 Å². The lowest BCUT2D eigenvalue weighted by atomic mass is 9.95. The van der Waals surface area contributed by atoms with Crippen LogP contribution in [0.1, 0.15) is 20.3 Å². The van der Waals surface area contributed by atoms with Crippen LogP contribution in [0.5, 0.6) is 5.75 Å². The summed E-state index contributed by atoms with van der Waals surface area (Å²) in [7, 11) is -2.14. The van der Waals surface area contributed by atoms with Crippen LogP contribution in [0.3, 0.4) is 0 Å². The van der Waals surface area contributed by atoms with Crippen molar-refractivity contribution in [3.05, 3.63) is 61.3 Å². The van der Waals surface area contributed by atoms with Crippen molar-refractivity contribution in [2.75, 3.05) is 13.7 Å². The second kappa shape index (κ2) is 10.5. The number of halogens is 3. The number of nitrogens with one attached hydrogen (secondary N) is 1. The number of H-pyrrole nitrogens is 1. The zero-order valence-electron chi connectivity index (χ0n) is 19.1. The largest absolute Gasteiger partial charge is 0.583 e. The first kappa shape index (κ1) is 28.2. The molecule has 0 bridgehead atoms. The Kier molecular flexibility index (Phi) is 8.26. The summed E-state index contributed by atoms with van der Waals surface area (Å²) in [4.78, 5) is 50.4. The molecule has 2 heterocycles. The molecule has 1 aliphatic heterocycles. The first-order valence-electron chi connectivity index (χ1n) is 10.2. The van der Waals surface area contributed by atoms with E-state index in [1.807, 2.05) is 4.98 Å². The first-order chi connectivity index (χ1) is 16.8. The van der Waals surface area contributed by atoms with Crippen LogP contribution in [0.25, 0.3) is 0 Å². The molecule has 0 spiro atoms. The minimum absolute atomic E-state index is 0.0307. The van der Waals surface area contributed by atoms with Gasteiger partial charge >= 0.3 is 25.7 Å². The number of hydrogen-bond donors (Lipinski definition) is 2. The van der Waals surface area contributed by atoms with E-state index in [2.05, 4.69) is 9.48 Å². The number of ether oxygens (including phenoxy) is 3. The maximum atomic E-state index is 16.9. The number of methoxy groups -OCH3 is 1. The molecule has 2 aromatic rings. The molecule has 12 nitrogen and oxygen atoms in total. The molecule has 1 unspecified atom stereocenters. The Morgan fingerprint density at radius 1 is 1.39 bits per heavy atom. The van der Waals surface area contributed by atoms with Gasteiger partial charge in [0.2, 0.25) is 0 Å². The van der Waals surface area contributed by atoms with Crippen molar-refractivity contribution in [1.29, 1.82) is 0 Å². The number of benzene rings is 1. The van der Waals surface area contributed by atoms with Gasteiger partial charge in [0.25, 0.3) is 17.1 Å². The quantitative estimate of drug-likeness (QED) is 0.275. The van der Waals surface area contributed by atoms with Crippen LogP contribution >= 0.6 is 31.4 Å². The van der Waals surface area contributed by atoms with Crippen LogP contribution in [-0.4, -0.2) is 52.0 Å². The maximum absolute atomic E-state index is 16.9. The molecule has 1 aromatic carbocycles. The van der Waals surface area contributed by atoms with Gasteiger partial charge in [0, 0.05) is 31.7 Å². The second-order valence-corrected chi connectivity index (χ2v) is 9.47. The fraction of sp³-hybridized carbons (Fsp3) is 0.450. The lowest BCUT2D eigenvalue weighted by Gasteiger charge is -2.43. The molecule has 0 radical (unpaired) electrons. The Hall–Kier alpha value is -2.38. The smallest absolute Gasteiger partial charge is 0.345 e. The van der Waals surface area contributed by atoms with Crippen molar-refractivity contribution in [2.24, 2.45) is 4.74 Å². The predicted molar refractivity (Wildman–Crippen MR) is 123 cm³/mol. The van der Waals surface area contributed by atoms with Gasteiger partial charge in [0.1, 0.15) is 5.75 Å². The molecule has 0 amide bonds. The van der Waals surface area contributed by atoms with E-state index in [0.717, 1.165) is 26.3 Å². The average molecular weight is 568 g/mol. The lowest BCUT2D eigenvalue weighted by molar-refractivity contribution is -0.368. The van der Waals surface area contributed by atoms with Crippen LogP contribution in [0.4, 0.5) is 4.39 Å². The molecule has 3 rings (SSSR count). The summed E-state index contributed by atoms with van der Waals surface area (Å²) in [6, 6.07) is 3.54. The number of esters is 1. The van der Waals surface area contributed by atoms with E-state index in [1.54, 1.807) is 0 Å². The monoisotopic (exact) mass is 567 g/mol. The van der Waals surface area contributed by atoms with Crippen molar-refractivity contribution in [1.82, 2.24) is 9.55 Å². The van der Waals surface area contributed by atoms with Crippen LogP contribution < -0.4 is 20.9 Å². The molecule has 1 aliphatic rings. The number of aromatic amines is 1. The number of aromatic nitrogens is 2. The Bertz CT molecular complexity index is 1300. The molecule has 16 heteroatoms. The molecule has 0 aliphatic carbocycles. The van der Waals surface area contributed by atoms with Gasteiger partial charge in [-0.2, -0.15) is 4.39 Å². The first-order valence-corrected chi connectivity index (χ1v) is 12.1. The minimum atomic E-state index is -3.44. The highest BCUT2D eigenvalue weighted by atomic mass is 35.5. The number of rotatable bonds is 8. The van der Waals surface area contributed by atoms with Crippen LogP contribution in [-0.2, 0) is 24.5 Å². The highest BCUT2D eigenvalue weighted by molar-refractivity contribution is 7.33. The third-order valence-corrected chi connectivity index (χ3v) is 7.08. The number of carbonyl (C=O) groups excluding carboxylic acids is 1. The minimum Gasteiger partial charge on any atom is -0.583 e. The van der Waals surface area contributed by atoms with Gasteiger partial charge in [-0.3, -0.25) is 14.3 Å². The zero-order valence-corrected chi connectivity index (χ0v) is 21.5. The fourth-order valence-electron chi connectivity index (χ4n) is 3.57. The van der Waals surface area contributed by atoms with Crippen molar-refractivity contribution in [2.45, 2.75) is 43.7 Å². The van der Waals surface area contributed by atoms with Gasteiger partial charge < -0.3 is 24.2 Å². The number of carbonyl (C=O) groups is 1. The molecule has 1 fully saturated rings. The molecule has 1 aromatic heterocycles. The van der Waals surface area contributed by atoms with E-state index in [1.165, 1.54) is 25.1 Å². The van der Waals surface area contributed by atoms with Crippen molar-refractivity contribution in [3.63, 3.8) is 0 Å². The maximum Gasteiger partial charge on any atom is 0.345 e. The number of aliphatic hydroxyl groups is 1. The lowest BCUT2D eigenvalue weighted by Crippen LogP contribution is -2.67. The highest BCUT2D eigenvalue weighted by Crippen LogP contribution is 2.52.